The highest BCUT2D eigenvalue weighted by molar-refractivity contribution is 7.89. The summed E-state index contributed by atoms with van der Waals surface area (Å²) in [5.41, 5.74) is 0.475. The molecule has 0 radical (unpaired) electrons. The predicted molar refractivity (Wildman–Crippen MR) is 98.2 cm³/mol. The Bertz CT molecular complexity index is 959. The van der Waals surface area contributed by atoms with Gasteiger partial charge in [0.1, 0.15) is 5.75 Å². The van der Waals surface area contributed by atoms with E-state index in [1.54, 1.807) is 31.5 Å². The maximum Gasteiger partial charge on any atom is 0.265 e. The summed E-state index contributed by atoms with van der Waals surface area (Å²) in [7, 11) is -3.66. The quantitative estimate of drug-likeness (QED) is 0.824. The SMILES string of the molecule is C[C@@H]1Oc2cc(S(=O)(=O)N3CCN(c4ncccn4)CC3)ccc2NC1=O. The standard InChI is InChI=1S/C17H19N5O4S/c1-12-16(23)20-14-4-3-13(11-15(14)26-12)27(24,25)22-9-7-21(8-10-22)17-18-5-2-6-19-17/h2-6,11-12H,7-10H2,1H3,(H,20,23)/t12-/m0/s1. The monoisotopic (exact) mass is 389 g/mol. The van der Waals surface area contributed by atoms with Crippen LogP contribution in [0.15, 0.2) is 41.6 Å². The van der Waals surface area contributed by atoms with Crippen molar-refractivity contribution in [1.82, 2.24) is 14.3 Å². The minimum atomic E-state index is -3.66. The van der Waals surface area contributed by atoms with Crippen LogP contribution in [-0.2, 0) is 14.8 Å². The molecule has 10 heteroatoms. The number of aromatic nitrogens is 2. The highest BCUT2D eigenvalue weighted by Gasteiger charge is 2.31. The number of nitrogens with zero attached hydrogens (tertiary/aromatic N) is 4. The summed E-state index contributed by atoms with van der Waals surface area (Å²) in [5.74, 6) is 0.707. The summed E-state index contributed by atoms with van der Waals surface area (Å²) in [4.78, 5) is 22.2. The lowest BCUT2D eigenvalue weighted by Crippen LogP contribution is -2.49. The molecule has 0 bridgehead atoms. The van der Waals surface area contributed by atoms with Gasteiger partial charge in [0, 0.05) is 44.6 Å². The number of sulfonamides is 1. The lowest BCUT2D eigenvalue weighted by molar-refractivity contribution is -0.122. The van der Waals surface area contributed by atoms with Crippen LogP contribution in [0.3, 0.4) is 0 Å². The summed E-state index contributed by atoms with van der Waals surface area (Å²) in [5, 5.41) is 2.70. The molecule has 1 fully saturated rings. The minimum Gasteiger partial charge on any atom is -0.479 e. The van der Waals surface area contributed by atoms with Gasteiger partial charge in [-0.05, 0) is 25.1 Å². The first-order valence-corrected chi connectivity index (χ1v) is 10.0. The minimum absolute atomic E-state index is 0.147. The van der Waals surface area contributed by atoms with Crippen LogP contribution in [0, 0.1) is 0 Å². The molecule has 142 valence electrons. The van der Waals surface area contributed by atoms with Gasteiger partial charge in [0.05, 0.1) is 10.6 Å². The Morgan fingerprint density at radius 3 is 2.56 bits per heavy atom. The molecule has 3 heterocycles. The predicted octanol–water partition coefficient (Wildman–Crippen LogP) is 0.707. The Morgan fingerprint density at radius 2 is 1.85 bits per heavy atom. The Labute approximate surface area is 157 Å². The van der Waals surface area contributed by atoms with Crippen molar-refractivity contribution >= 4 is 27.6 Å². The molecule has 4 rings (SSSR count). The van der Waals surface area contributed by atoms with Crippen LogP contribution in [0.1, 0.15) is 6.92 Å². The number of carbonyl (C=O) groups is 1. The van der Waals surface area contributed by atoms with E-state index in [0.717, 1.165) is 0 Å². The molecule has 2 aliphatic heterocycles. The molecule has 0 saturated carbocycles. The third kappa shape index (κ3) is 3.33. The van der Waals surface area contributed by atoms with Crippen LogP contribution >= 0.6 is 0 Å². The van der Waals surface area contributed by atoms with Gasteiger partial charge in [-0.1, -0.05) is 0 Å². The van der Waals surface area contributed by atoms with Crippen LogP contribution in [0.5, 0.6) is 5.75 Å². The number of hydrogen-bond donors (Lipinski definition) is 1. The summed E-state index contributed by atoms with van der Waals surface area (Å²) < 4.78 is 33.0. The molecular formula is C17H19N5O4S. The fourth-order valence-corrected chi connectivity index (χ4v) is 4.51. The topological polar surface area (TPSA) is 105 Å². The van der Waals surface area contributed by atoms with Crippen molar-refractivity contribution in [3.63, 3.8) is 0 Å². The summed E-state index contributed by atoms with van der Waals surface area (Å²) >= 11 is 0. The van der Waals surface area contributed by atoms with Gasteiger partial charge in [-0.15, -0.1) is 0 Å². The molecule has 1 atom stereocenters. The molecule has 1 saturated heterocycles. The van der Waals surface area contributed by atoms with Crippen molar-refractivity contribution in [1.29, 1.82) is 0 Å². The van der Waals surface area contributed by atoms with Crippen LogP contribution in [0.2, 0.25) is 0 Å². The van der Waals surface area contributed by atoms with Gasteiger partial charge in [-0.3, -0.25) is 4.79 Å². The molecule has 1 N–H and O–H groups in total. The second-order valence-electron chi connectivity index (χ2n) is 6.35. The van der Waals surface area contributed by atoms with Crippen molar-refractivity contribution in [2.45, 2.75) is 17.9 Å². The number of amides is 1. The fraction of sp³-hybridized carbons (Fsp3) is 0.353. The van der Waals surface area contributed by atoms with E-state index in [2.05, 4.69) is 15.3 Å². The van der Waals surface area contributed by atoms with Crippen molar-refractivity contribution in [2.75, 3.05) is 36.4 Å². The Balaban J connectivity index is 1.51. The van der Waals surface area contributed by atoms with Gasteiger partial charge in [0.15, 0.2) is 6.10 Å². The van der Waals surface area contributed by atoms with E-state index in [0.29, 0.717) is 43.6 Å². The van der Waals surface area contributed by atoms with Crippen molar-refractivity contribution < 1.29 is 17.9 Å². The van der Waals surface area contributed by atoms with Gasteiger partial charge in [0.25, 0.3) is 5.91 Å². The number of rotatable bonds is 3. The van der Waals surface area contributed by atoms with E-state index in [1.165, 1.54) is 16.4 Å². The number of nitrogens with one attached hydrogen (secondary N) is 1. The Hall–Kier alpha value is -2.72. The molecule has 0 unspecified atom stereocenters. The zero-order valence-corrected chi connectivity index (χ0v) is 15.5. The maximum absolute atomic E-state index is 13.0. The van der Waals surface area contributed by atoms with Crippen LogP contribution < -0.4 is 15.0 Å². The lowest BCUT2D eigenvalue weighted by atomic mass is 10.2. The van der Waals surface area contributed by atoms with Gasteiger partial charge < -0.3 is 15.0 Å². The van der Waals surface area contributed by atoms with Gasteiger partial charge in [-0.2, -0.15) is 4.31 Å². The number of hydrogen-bond acceptors (Lipinski definition) is 7. The Kier molecular flexibility index (Phi) is 4.44. The van der Waals surface area contributed by atoms with E-state index in [-0.39, 0.29) is 10.8 Å². The van der Waals surface area contributed by atoms with Gasteiger partial charge in [0.2, 0.25) is 16.0 Å². The second-order valence-corrected chi connectivity index (χ2v) is 8.29. The molecule has 1 aromatic heterocycles. The highest BCUT2D eigenvalue weighted by atomic mass is 32.2. The normalized spacial score (nSPS) is 20.6. The maximum atomic E-state index is 13.0. The molecule has 9 nitrogen and oxygen atoms in total. The number of benzene rings is 1. The average molecular weight is 389 g/mol. The Morgan fingerprint density at radius 1 is 1.15 bits per heavy atom. The van der Waals surface area contributed by atoms with E-state index in [4.69, 9.17) is 4.74 Å². The molecule has 2 aliphatic rings. The zero-order valence-electron chi connectivity index (χ0n) is 14.7. The number of ether oxygens (including phenoxy) is 1. The summed E-state index contributed by atoms with van der Waals surface area (Å²) in [6, 6.07) is 6.25. The molecule has 0 aliphatic carbocycles. The van der Waals surface area contributed by atoms with E-state index in [9.17, 15) is 13.2 Å². The van der Waals surface area contributed by atoms with Crippen LogP contribution in [0.4, 0.5) is 11.6 Å². The smallest absolute Gasteiger partial charge is 0.265 e. The fourth-order valence-electron chi connectivity index (χ4n) is 3.07. The van der Waals surface area contributed by atoms with E-state index >= 15 is 0 Å². The molecule has 2 aromatic rings. The van der Waals surface area contributed by atoms with Crippen LogP contribution in [-0.4, -0.2) is 60.9 Å². The third-order valence-electron chi connectivity index (χ3n) is 4.60. The molecule has 1 aromatic carbocycles. The number of piperazine rings is 1. The van der Waals surface area contributed by atoms with Gasteiger partial charge in [-0.25, -0.2) is 18.4 Å². The van der Waals surface area contributed by atoms with Crippen molar-refractivity contribution in [3.05, 3.63) is 36.7 Å². The summed E-state index contributed by atoms with van der Waals surface area (Å²) in [6.07, 6.45) is 2.67. The van der Waals surface area contributed by atoms with Crippen molar-refractivity contribution in [3.8, 4) is 5.75 Å². The number of fused-ring (bicyclic) bond motifs is 1. The number of carbonyl (C=O) groups excluding carboxylic acids is 1. The molecule has 27 heavy (non-hydrogen) atoms. The largest absolute Gasteiger partial charge is 0.479 e. The molecular weight excluding hydrogens is 370 g/mol. The van der Waals surface area contributed by atoms with Gasteiger partial charge >= 0.3 is 0 Å². The first-order chi connectivity index (χ1) is 12.9. The summed E-state index contributed by atoms with van der Waals surface area (Å²) in [6.45, 7) is 3.32. The van der Waals surface area contributed by atoms with E-state index < -0.39 is 16.1 Å². The van der Waals surface area contributed by atoms with Crippen molar-refractivity contribution in [2.24, 2.45) is 0 Å². The zero-order chi connectivity index (χ0) is 19.0. The lowest BCUT2D eigenvalue weighted by Gasteiger charge is -2.34. The van der Waals surface area contributed by atoms with E-state index in [1.807, 2.05) is 4.90 Å². The third-order valence-corrected chi connectivity index (χ3v) is 6.49. The first-order valence-electron chi connectivity index (χ1n) is 8.59. The number of anilines is 2. The molecule has 1 amide bonds. The molecule has 0 spiro atoms. The second kappa shape index (κ2) is 6.78. The van der Waals surface area contributed by atoms with Crippen LogP contribution in [0.25, 0.3) is 0 Å². The highest BCUT2D eigenvalue weighted by Crippen LogP contribution is 2.33. The average Bonchev–Trinajstić information content (AvgIpc) is 2.69. The first kappa shape index (κ1) is 17.7.